The zero-order chi connectivity index (χ0) is 17.7. The van der Waals surface area contributed by atoms with E-state index in [1.807, 2.05) is 43.3 Å². The van der Waals surface area contributed by atoms with Crippen molar-refractivity contribution in [1.29, 1.82) is 0 Å². The first-order chi connectivity index (χ1) is 11.3. The molecule has 6 nitrogen and oxygen atoms in total. The Bertz CT molecular complexity index is 695. The van der Waals surface area contributed by atoms with Crippen LogP contribution in [0.15, 0.2) is 30.3 Å². The van der Waals surface area contributed by atoms with E-state index in [9.17, 15) is 4.79 Å². The van der Waals surface area contributed by atoms with E-state index in [0.29, 0.717) is 23.3 Å². The molecule has 0 atom stereocenters. The highest BCUT2D eigenvalue weighted by Crippen LogP contribution is 2.17. The first-order valence-corrected chi connectivity index (χ1v) is 8.03. The molecule has 6 heteroatoms. The molecule has 2 rings (SSSR count). The predicted octanol–water partition coefficient (Wildman–Crippen LogP) is 3.17. The molecule has 0 saturated carbocycles. The van der Waals surface area contributed by atoms with Crippen molar-refractivity contribution in [2.75, 3.05) is 36.2 Å². The van der Waals surface area contributed by atoms with Crippen molar-refractivity contribution < 1.29 is 4.79 Å². The summed E-state index contributed by atoms with van der Waals surface area (Å²) >= 11 is 0. The minimum absolute atomic E-state index is 0.245. The zero-order valence-electron chi connectivity index (χ0n) is 14.9. The van der Waals surface area contributed by atoms with Crippen molar-refractivity contribution >= 4 is 23.1 Å². The molecule has 1 aromatic carbocycles. The summed E-state index contributed by atoms with van der Waals surface area (Å²) in [6.45, 7) is 6.81. The van der Waals surface area contributed by atoms with E-state index < -0.39 is 0 Å². The topological polar surface area (TPSA) is 70.2 Å². The number of benzene rings is 1. The average Bonchev–Trinajstić information content (AvgIpc) is 2.53. The molecule has 128 valence electrons. The Balaban J connectivity index is 2.11. The van der Waals surface area contributed by atoms with Gasteiger partial charge in [0, 0.05) is 38.1 Å². The van der Waals surface area contributed by atoms with E-state index in [1.165, 1.54) is 0 Å². The molecule has 0 spiro atoms. The molecule has 0 bridgehead atoms. The fraction of sp³-hybridized carbons (Fsp3) is 0.389. The van der Waals surface area contributed by atoms with Crippen LogP contribution >= 0.6 is 0 Å². The minimum Gasteiger partial charge on any atom is -0.378 e. The summed E-state index contributed by atoms with van der Waals surface area (Å²) < 4.78 is 0. The number of rotatable bonds is 6. The molecule has 0 fully saturated rings. The standard InChI is InChI=1S/C18H25N5O/c1-12(2)11-19-17-10-16(20-13(3)21-17)18(24)22-14-6-8-15(9-7-14)23(4)5/h6-10,12H,11H2,1-5H3,(H,22,24)(H,19,20,21). The van der Waals surface area contributed by atoms with Crippen LogP contribution in [0.2, 0.25) is 0 Å². The van der Waals surface area contributed by atoms with Crippen molar-refractivity contribution in [3.63, 3.8) is 0 Å². The van der Waals surface area contributed by atoms with Crippen LogP contribution in [-0.4, -0.2) is 36.5 Å². The normalized spacial score (nSPS) is 10.6. The summed E-state index contributed by atoms with van der Waals surface area (Å²) in [5.74, 6) is 1.49. The molecular formula is C18H25N5O. The minimum atomic E-state index is -0.245. The van der Waals surface area contributed by atoms with Crippen LogP contribution in [0.4, 0.5) is 17.2 Å². The summed E-state index contributed by atoms with van der Waals surface area (Å²) in [6.07, 6.45) is 0. The molecule has 1 heterocycles. The van der Waals surface area contributed by atoms with Gasteiger partial charge in [-0.25, -0.2) is 9.97 Å². The van der Waals surface area contributed by atoms with E-state index >= 15 is 0 Å². The molecule has 2 N–H and O–H groups in total. The second-order valence-corrected chi connectivity index (χ2v) is 6.36. The van der Waals surface area contributed by atoms with Crippen LogP contribution < -0.4 is 15.5 Å². The number of aryl methyl sites for hydroxylation is 1. The van der Waals surface area contributed by atoms with Crippen LogP contribution in [0.5, 0.6) is 0 Å². The highest BCUT2D eigenvalue weighted by Gasteiger charge is 2.11. The molecular weight excluding hydrogens is 302 g/mol. The number of aromatic nitrogens is 2. The van der Waals surface area contributed by atoms with Gasteiger partial charge in [-0.2, -0.15) is 0 Å². The first-order valence-electron chi connectivity index (χ1n) is 8.03. The maximum absolute atomic E-state index is 12.4. The maximum Gasteiger partial charge on any atom is 0.274 e. The number of amides is 1. The number of nitrogens with zero attached hydrogens (tertiary/aromatic N) is 3. The fourth-order valence-corrected chi connectivity index (χ4v) is 2.12. The molecule has 0 radical (unpaired) electrons. The Labute approximate surface area is 143 Å². The van der Waals surface area contributed by atoms with Crippen molar-refractivity contribution in [2.45, 2.75) is 20.8 Å². The molecule has 24 heavy (non-hydrogen) atoms. The van der Waals surface area contributed by atoms with Crippen LogP contribution in [0.3, 0.4) is 0 Å². The Morgan fingerprint density at radius 3 is 2.42 bits per heavy atom. The third kappa shape index (κ3) is 4.94. The number of anilines is 3. The third-order valence-corrected chi connectivity index (χ3v) is 3.40. The summed E-state index contributed by atoms with van der Waals surface area (Å²) in [4.78, 5) is 23.0. The Kier molecular flexibility index (Phi) is 5.73. The van der Waals surface area contributed by atoms with Crippen LogP contribution in [0.25, 0.3) is 0 Å². The maximum atomic E-state index is 12.4. The third-order valence-electron chi connectivity index (χ3n) is 3.40. The highest BCUT2D eigenvalue weighted by atomic mass is 16.1. The van der Waals surface area contributed by atoms with Gasteiger partial charge in [0.25, 0.3) is 5.91 Å². The van der Waals surface area contributed by atoms with Gasteiger partial charge in [-0.15, -0.1) is 0 Å². The summed E-state index contributed by atoms with van der Waals surface area (Å²) in [5, 5.41) is 6.10. The van der Waals surface area contributed by atoms with Gasteiger partial charge < -0.3 is 15.5 Å². The van der Waals surface area contributed by atoms with E-state index in [-0.39, 0.29) is 5.91 Å². The molecule has 0 aliphatic heterocycles. The monoisotopic (exact) mass is 327 g/mol. The van der Waals surface area contributed by atoms with E-state index in [4.69, 9.17) is 0 Å². The van der Waals surface area contributed by atoms with E-state index in [2.05, 4.69) is 34.4 Å². The smallest absolute Gasteiger partial charge is 0.274 e. The summed E-state index contributed by atoms with van der Waals surface area (Å²) in [6, 6.07) is 9.34. The summed E-state index contributed by atoms with van der Waals surface area (Å²) in [7, 11) is 3.95. The van der Waals surface area contributed by atoms with Crippen LogP contribution in [0.1, 0.15) is 30.2 Å². The lowest BCUT2D eigenvalue weighted by Gasteiger charge is -2.13. The van der Waals surface area contributed by atoms with Crippen LogP contribution in [0, 0.1) is 12.8 Å². The second kappa shape index (κ2) is 7.77. The zero-order valence-corrected chi connectivity index (χ0v) is 14.9. The van der Waals surface area contributed by atoms with E-state index in [1.54, 1.807) is 13.0 Å². The highest BCUT2D eigenvalue weighted by molar-refractivity contribution is 6.03. The average molecular weight is 327 g/mol. The molecule has 2 aromatic rings. The number of carbonyl (C=O) groups is 1. The largest absolute Gasteiger partial charge is 0.378 e. The van der Waals surface area contributed by atoms with Crippen molar-refractivity contribution in [3.8, 4) is 0 Å². The Hall–Kier alpha value is -2.63. The van der Waals surface area contributed by atoms with Gasteiger partial charge in [0.05, 0.1) is 0 Å². The SMILES string of the molecule is Cc1nc(NCC(C)C)cc(C(=O)Nc2ccc(N(C)C)cc2)n1. The summed E-state index contributed by atoms with van der Waals surface area (Å²) in [5.41, 5.74) is 2.16. The quantitative estimate of drug-likeness (QED) is 0.853. The van der Waals surface area contributed by atoms with Gasteiger partial charge in [0.2, 0.25) is 0 Å². The van der Waals surface area contributed by atoms with Crippen molar-refractivity contribution in [2.24, 2.45) is 5.92 Å². The molecule has 0 saturated heterocycles. The molecule has 1 aromatic heterocycles. The van der Waals surface area contributed by atoms with Gasteiger partial charge in [0.15, 0.2) is 0 Å². The lowest BCUT2D eigenvalue weighted by molar-refractivity contribution is 0.102. The first kappa shape index (κ1) is 17.7. The van der Waals surface area contributed by atoms with Crippen LogP contribution in [-0.2, 0) is 0 Å². The molecule has 0 unspecified atom stereocenters. The number of nitrogens with one attached hydrogen (secondary N) is 2. The Morgan fingerprint density at radius 2 is 1.83 bits per heavy atom. The van der Waals surface area contributed by atoms with Gasteiger partial charge in [-0.1, -0.05) is 13.8 Å². The second-order valence-electron chi connectivity index (χ2n) is 6.36. The molecule has 1 amide bonds. The fourth-order valence-electron chi connectivity index (χ4n) is 2.12. The molecule has 0 aliphatic rings. The van der Waals surface area contributed by atoms with Crippen molar-refractivity contribution in [3.05, 3.63) is 41.9 Å². The van der Waals surface area contributed by atoms with Gasteiger partial charge in [-0.3, -0.25) is 4.79 Å². The van der Waals surface area contributed by atoms with E-state index in [0.717, 1.165) is 17.9 Å². The van der Waals surface area contributed by atoms with Gasteiger partial charge >= 0.3 is 0 Å². The number of hydrogen-bond acceptors (Lipinski definition) is 5. The van der Waals surface area contributed by atoms with Gasteiger partial charge in [-0.05, 0) is 37.1 Å². The van der Waals surface area contributed by atoms with Crippen molar-refractivity contribution in [1.82, 2.24) is 9.97 Å². The Morgan fingerprint density at radius 1 is 1.17 bits per heavy atom. The number of carbonyl (C=O) groups excluding carboxylic acids is 1. The number of hydrogen-bond donors (Lipinski definition) is 2. The predicted molar refractivity (Wildman–Crippen MR) is 98.8 cm³/mol. The van der Waals surface area contributed by atoms with Gasteiger partial charge in [0.1, 0.15) is 17.3 Å². The lowest BCUT2D eigenvalue weighted by atomic mass is 10.2. The molecule has 0 aliphatic carbocycles. The lowest BCUT2D eigenvalue weighted by Crippen LogP contribution is -2.17.